The highest BCUT2D eigenvalue weighted by molar-refractivity contribution is 7.88. The molecule has 1 aliphatic heterocycles. The standard InChI is InChI=1S/C21H22F3NO3S/c22-21(23,24)29(26,27)28-20-10-4-8-16-17-9-5-13-25(19(17)12-11-18(16)20)14-15-6-2-1-3-7-15/h1-4,6-8,10,17,19H,5,9,11-14H2/t17-,19+/m1/s1. The zero-order valence-corrected chi connectivity index (χ0v) is 16.5. The third-order valence-electron chi connectivity index (χ3n) is 5.86. The molecule has 0 N–H and O–H groups in total. The minimum atomic E-state index is -5.68. The van der Waals surface area contributed by atoms with Crippen molar-refractivity contribution in [3.63, 3.8) is 0 Å². The van der Waals surface area contributed by atoms with Gasteiger partial charge < -0.3 is 4.18 Å². The first-order chi connectivity index (χ1) is 13.8. The van der Waals surface area contributed by atoms with Gasteiger partial charge in [0.2, 0.25) is 0 Å². The molecule has 2 aliphatic rings. The number of piperidine rings is 1. The van der Waals surface area contributed by atoms with E-state index in [1.54, 1.807) is 6.07 Å². The molecule has 156 valence electrons. The Hall–Kier alpha value is -2.06. The van der Waals surface area contributed by atoms with Crippen molar-refractivity contribution in [3.8, 4) is 5.75 Å². The van der Waals surface area contributed by atoms with Crippen LogP contribution in [0, 0.1) is 0 Å². The van der Waals surface area contributed by atoms with E-state index in [1.165, 1.54) is 11.6 Å². The Labute approximate surface area is 168 Å². The van der Waals surface area contributed by atoms with Gasteiger partial charge >= 0.3 is 15.6 Å². The molecule has 1 saturated heterocycles. The van der Waals surface area contributed by atoms with E-state index in [2.05, 4.69) is 21.2 Å². The third kappa shape index (κ3) is 4.00. The third-order valence-corrected chi connectivity index (χ3v) is 6.83. The molecule has 4 rings (SSSR count). The molecule has 2 aromatic carbocycles. The van der Waals surface area contributed by atoms with Gasteiger partial charge in [0, 0.05) is 12.6 Å². The number of hydrogen-bond acceptors (Lipinski definition) is 4. The minimum absolute atomic E-state index is 0.161. The molecule has 29 heavy (non-hydrogen) atoms. The first-order valence-corrected chi connectivity index (χ1v) is 11.1. The van der Waals surface area contributed by atoms with Crippen LogP contribution in [0.15, 0.2) is 48.5 Å². The van der Waals surface area contributed by atoms with E-state index in [9.17, 15) is 21.6 Å². The van der Waals surface area contributed by atoms with E-state index in [4.69, 9.17) is 0 Å². The van der Waals surface area contributed by atoms with Crippen LogP contribution in [0.25, 0.3) is 0 Å². The molecular formula is C21H22F3NO3S. The highest BCUT2D eigenvalue weighted by Crippen LogP contribution is 2.44. The first-order valence-electron chi connectivity index (χ1n) is 9.67. The van der Waals surface area contributed by atoms with Gasteiger partial charge in [-0.2, -0.15) is 21.6 Å². The van der Waals surface area contributed by atoms with Gasteiger partial charge in [0.05, 0.1) is 0 Å². The normalized spacial score (nSPS) is 22.6. The fourth-order valence-electron chi connectivity index (χ4n) is 4.62. The van der Waals surface area contributed by atoms with E-state index in [0.29, 0.717) is 12.0 Å². The largest absolute Gasteiger partial charge is 0.534 e. The van der Waals surface area contributed by atoms with Gasteiger partial charge in [-0.05, 0) is 60.9 Å². The summed E-state index contributed by atoms with van der Waals surface area (Å²) in [6.07, 6.45) is 3.17. The molecular weight excluding hydrogens is 403 g/mol. The summed E-state index contributed by atoms with van der Waals surface area (Å²) in [5.41, 5.74) is -2.71. The Morgan fingerprint density at radius 3 is 2.52 bits per heavy atom. The lowest BCUT2D eigenvalue weighted by molar-refractivity contribution is -0.0500. The number of hydrogen-bond donors (Lipinski definition) is 0. The predicted molar refractivity (Wildman–Crippen MR) is 103 cm³/mol. The second-order valence-corrected chi connectivity index (χ2v) is 9.16. The number of halogens is 3. The Balaban J connectivity index is 1.60. The van der Waals surface area contributed by atoms with Crippen molar-refractivity contribution in [1.29, 1.82) is 0 Å². The average Bonchev–Trinajstić information content (AvgIpc) is 2.68. The lowest BCUT2D eigenvalue weighted by Crippen LogP contribution is -2.45. The summed E-state index contributed by atoms with van der Waals surface area (Å²) in [7, 11) is -5.68. The maximum atomic E-state index is 12.8. The summed E-state index contributed by atoms with van der Waals surface area (Å²) in [4.78, 5) is 2.44. The summed E-state index contributed by atoms with van der Waals surface area (Å²) in [6, 6.07) is 15.3. The van der Waals surface area contributed by atoms with E-state index in [-0.39, 0.29) is 17.7 Å². The predicted octanol–water partition coefficient (Wildman–Crippen LogP) is 4.61. The molecule has 8 heteroatoms. The molecule has 0 spiro atoms. The number of likely N-dealkylation sites (tertiary alicyclic amines) is 1. The maximum Gasteiger partial charge on any atom is 0.534 e. The molecule has 0 unspecified atom stereocenters. The second kappa shape index (κ2) is 7.65. The number of rotatable bonds is 4. The van der Waals surface area contributed by atoms with Gasteiger partial charge in [-0.25, -0.2) is 0 Å². The zero-order valence-electron chi connectivity index (χ0n) is 15.7. The summed E-state index contributed by atoms with van der Waals surface area (Å²) < 4.78 is 65.8. The van der Waals surface area contributed by atoms with Gasteiger partial charge in [-0.1, -0.05) is 42.5 Å². The van der Waals surface area contributed by atoms with Crippen molar-refractivity contribution in [2.45, 2.75) is 49.7 Å². The molecule has 2 atom stereocenters. The fourth-order valence-corrected chi connectivity index (χ4v) is 5.11. The highest BCUT2D eigenvalue weighted by atomic mass is 32.2. The fraction of sp³-hybridized carbons (Fsp3) is 0.429. The second-order valence-electron chi connectivity index (χ2n) is 7.62. The van der Waals surface area contributed by atoms with Crippen LogP contribution < -0.4 is 4.18 Å². The maximum absolute atomic E-state index is 12.8. The van der Waals surface area contributed by atoms with Gasteiger partial charge in [0.1, 0.15) is 5.75 Å². The SMILES string of the molecule is O=S(=O)(Oc1cccc2c1CC[C@H]1[C@@H]2CCCN1Cc1ccccc1)C(F)(F)F. The monoisotopic (exact) mass is 425 g/mol. The number of benzene rings is 2. The van der Waals surface area contributed by atoms with Crippen molar-refractivity contribution in [1.82, 2.24) is 4.90 Å². The molecule has 1 fully saturated rings. The van der Waals surface area contributed by atoms with Gasteiger partial charge in [0.15, 0.2) is 0 Å². The Morgan fingerprint density at radius 2 is 1.79 bits per heavy atom. The van der Waals surface area contributed by atoms with E-state index in [1.807, 2.05) is 24.3 Å². The average molecular weight is 425 g/mol. The van der Waals surface area contributed by atoms with Crippen LogP contribution in [0.4, 0.5) is 13.2 Å². The number of alkyl halides is 3. The molecule has 0 saturated carbocycles. The van der Waals surface area contributed by atoms with Gasteiger partial charge in [0.25, 0.3) is 0 Å². The smallest absolute Gasteiger partial charge is 0.376 e. The number of fused-ring (bicyclic) bond motifs is 3. The molecule has 1 aliphatic carbocycles. The molecule has 1 heterocycles. The van der Waals surface area contributed by atoms with Crippen LogP contribution in [-0.2, 0) is 23.1 Å². The van der Waals surface area contributed by atoms with Gasteiger partial charge in [-0.15, -0.1) is 0 Å². The molecule has 4 nitrogen and oxygen atoms in total. The quantitative estimate of drug-likeness (QED) is 0.530. The summed E-state index contributed by atoms with van der Waals surface area (Å²) in [5, 5.41) is 0. The van der Waals surface area contributed by atoms with Crippen molar-refractivity contribution in [3.05, 3.63) is 65.2 Å². The van der Waals surface area contributed by atoms with Crippen molar-refractivity contribution in [2.75, 3.05) is 6.54 Å². The Bertz CT molecular complexity index is 976. The molecule has 0 amide bonds. The van der Waals surface area contributed by atoms with Crippen LogP contribution in [0.1, 0.15) is 41.9 Å². The van der Waals surface area contributed by atoms with E-state index in [0.717, 1.165) is 37.9 Å². The lowest BCUT2D eigenvalue weighted by Gasteiger charge is -2.45. The zero-order chi connectivity index (χ0) is 20.6. The van der Waals surface area contributed by atoms with Crippen molar-refractivity contribution >= 4 is 10.1 Å². The van der Waals surface area contributed by atoms with Crippen LogP contribution in [0.2, 0.25) is 0 Å². The topological polar surface area (TPSA) is 46.6 Å². The van der Waals surface area contributed by atoms with Crippen LogP contribution in [0.3, 0.4) is 0 Å². The van der Waals surface area contributed by atoms with Crippen molar-refractivity contribution < 1.29 is 25.8 Å². The van der Waals surface area contributed by atoms with Crippen LogP contribution >= 0.6 is 0 Å². The molecule has 0 bridgehead atoms. The summed E-state index contributed by atoms with van der Waals surface area (Å²) in [6.45, 7) is 1.81. The molecule has 2 aromatic rings. The Kier molecular flexibility index (Phi) is 5.33. The van der Waals surface area contributed by atoms with E-state index >= 15 is 0 Å². The van der Waals surface area contributed by atoms with Crippen LogP contribution in [-0.4, -0.2) is 31.4 Å². The molecule has 0 aromatic heterocycles. The Morgan fingerprint density at radius 1 is 1.03 bits per heavy atom. The number of nitrogens with zero attached hydrogens (tertiary/aromatic N) is 1. The molecule has 0 radical (unpaired) electrons. The van der Waals surface area contributed by atoms with Crippen molar-refractivity contribution in [2.24, 2.45) is 0 Å². The lowest BCUT2D eigenvalue weighted by atomic mass is 9.74. The van der Waals surface area contributed by atoms with E-state index < -0.39 is 15.6 Å². The summed E-state index contributed by atoms with van der Waals surface area (Å²) in [5.74, 6) is -0.0354. The minimum Gasteiger partial charge on any atom is -0.376 e. The first kappa shape index (κ1) is 20.2. The van der Waals surface area contributed by atoms with Gasteiger partial charge in [-0.3, -0.25) is 4.90 Å². The highest BCUT2D eigenvalue weighted by Gasteiger charge is 2.49. The van der Waals surface area contributed by atoms with Crippen LogP contribution in [0.5, 0.6) is 5.75 Å². The summed E-state index contributed by atoms with van der Waals surface area (Å²) >= 11 is 0.